The van der Waals surface area contributed by atoms with Crippen molar-refractivity contribution in [2.75, 3.05) is 45.2 Å². The molecule has 1 aliphatic rings. The third kappa shape index (κ3) is 4.80. The van der Waals surface area contributed by atoms with E-state index in [1.165, 1.54) is 56.6 Å². The molecule has 0 aromatic heterocycles. The van der Waals surface area contributed by atoms with Crippen molar-refractivity contribution in [1.82, 2.24) is 10.2 Å². The Kier molecular flexibility index (Phi) is 6.34. The fraction of sp³-hybridized carbons (Fsp3) is 0.647. The zero-order valence-electron chi connectivity index (χ0n) is 13.1. The summed E-state index contributed by atoms with van der Waals surface area (Å²) in [4.78, 5) is 4.78. The van der Waals surface area contributed by atoms with Crippen molar-refractivity contribution < 1.29 is 0 Å². The Morgan fingerprint density at radius 2 is 1.85 bits per heavy atom. The van der Waals surface area contributed by atoms with Crippen molar-refractivity contribution in [3.05, 3.63) is 29.8 Å². The lowest BCUT2D eigenvalue weighted by atomic mass is 10.1. The summed E-state index contributed by atoms with van der Waals surface area (Å²) < 4.78 is 0. The molecular formula is C17H29N3. The van der Waals surface area contributed by atoms with Crippen molar-refractivity contribution in [2.45, 2.75) is 32.2 Å². The second-order valence-electron chi connectivity index (χ2n) is 6.01. The topological polar surface area (TPSA) is 18.5 Å². The summed E-state index contributed by atoms with van der Waals surface area (Å²) in [5.74, 6) is 0. The van der Waals surface area contributed by atoms with Crippen LogP contribution in [-0.2, 0) is 6.54 Å². The van der Waals surface area contributed by atoms with Gasteiger partial charge in [0.15, 0.2) is 0 Å². The number of unbranched alkanes of at least 4 members (excludes halogenated alkanes) is 1. The van der Waals surface area contributed by atoms with E-state index in [9.17, 15) is 0 Å². The van der Waals surface area contributed by atoms with Gasteiger partial charge in [-0.05, 0) is 64.5 Å². The molecule has 0 amide bonds. The first-order valence-electron chi connectivity index (χ1n) is 7.95. The van der Waals surface area contributed by atoms with Crippen LogP contribution in [0, 0.1) is 0 Å². The normalized spacial score (nSPS) is 15.2. The van der Waals surface area contributed by atoms with Crippen LogP contribution in [0.1, 0.15) is 31.2 Å². The molecule has 1 aliphatic heterocycles. The molecule has 1 aromatic carbocycles. The van der Waals surface area contributed by atoms with Crippen LogP contribution in [0.5, 0.6) is 0 Å². The largest absolute Gasteiger partial charge is 0.371 e. The molecule has 1 fully saturated rings. The van der Waals surface area contributed by atoms with Gasteiger partial charge in [-0.15, -0.1) is 0 Å². The molecule has 20 heavy (non-hydrogen) atoms. The van der Waals surface area contributed by atoms with Gasteiger partial charge in [-0.2, -0.15) is 0 Å². The Hall–Kier alpha value is -1.06. The number of benzene rings is 1. The van der Waals surface area contributed by atoms with Gasteiger partial charge in [0.2, 0.25) is 0 Å². The van der Waals surface area contributed by atoms with Gasteiger partial charge in [-0.1, -0.05) is 18.2 Å². The number of rotatable bonds is 8. The molecule has 0 bridgehead atoms. The SMILES string of the molecule is CN(C)CCCCNCc1ccccc1N1CCCC1. The minimum absolute atomic E-state index is 0.995. The highest BCUT2D eigenvalue weighted by atomic mass is 15.1. The van der Waals surface area contributed by atoms with Crippen LogP contribution in [0.4, 0.5) is 5.69 Å². The van der Waals surface area contributed by atoms with Crippen molar-refractivity contribution in [1.29, 1.82) is 0 Å². The van der Waals surface area contributed by atoms with Gasteiger partial charge in [-0.3, -0.25) is 0 Å². The lowest BCUT2D eigenvalue weighted by molar-refractivity contribution is 0.391. The van der Waals surface area contributed by atoms with E-state index in [-0.39, 0.29) is 0 Å². The molecule has 0 saturated carbocycles. The Morgan fingerprint density at radius 3 is 2.60 bits per heavy atom. The Morgan fingerprint density at radius 1 is 1.10 bits per heavy atom. The summed E-state index contributed by atoms with van der Waals surface area (Å²) in [6.07, 6.45) is 5.20. The summed E-state index contributed by atoms with van der Waals surface area (Å²) >= 11 is 0. The van der Waals surface area contributed by atoms with Gasteiger partial charge >= 0.3 is 0 Å². The standard InChI is InChI=1S/C17H29N3/c1-19(2)12-6-5-11-18-15-16-9-3-4-10-17(16)20-13-7-8-14-20/h3-4,9-10,18H,5-8,11-15H2,1-2H3. The maximum Gasteiger partial charge on any atom is 0.0411 e. The van der Waals surface area contributed by atoms with E-state index >= 15 is 0 Å². The van der Waals surface area contributed by atoms with E-state index < -0.39 is 0 Å². The van der Waals surface area contributed by atoms with Crippen molar-refractivity contribution in [2.24, 2.45) is 0 Å². The van der Waals surface area contributed by atoms with Gasteiger partial charge in [0.25, 0.3) is 0 Å². The highest BCUT2D eigenvalue weighted by Crippen LogP contribution is 2.24. The maximum atomic E-state index is 3.59. The quantitative estimate of drug-likeness (QED) is 0.736. The minimum atomic E-state index is 0.995. The van der Waals surface area contributed by atoms with Crippen LogP contribution in [0.3, 0.4) is 0 Å². The molecule has 1 saturated heterocycles. The summed E-state index contributed by atoms with van der Waals surface area (Å²) in [5.41, 5.74) is 2.88. The fourth-order valence-electron chi connectivity index (χ4n) is 2.83. The lowest BCUT2D eigenvalue weighted by Gasteiger charge is -2.21. The first-order valence-corrected chi connectivity index (χ1v) is 7.95. The number of hydrogen-bond acceptors (Lipinski definition) is 3. The average molecular weight is 275 g/mol. The average Bonchev–Trinajstić information content (AvgIpc) is 2.97. The second kappa shape index (κ2) is 8.28. The highest BCUT2D eigenvalue weighted by molar-refractivity contribution is 5.54. The van der Waals surface area contributed by atoms with Crippen LogP contribution in [-0.4, -0.2) is 45.2 Å². The lowest BCUT2D eigenvalue weighted by Crippen LogP contribution is -2.22. The molecule has 2 rings (SSSR count). The third-order valence-electron chi connectivity index (χ3n) is 3.96. The molecule has 3 heteroatoms. The molecule has 0 spiro atoms. The van der Waals surface area contributed by atoms with Crippen molar-refractivity contribution >= 4 is 5.69 Å². The predicted octanol–water partition coefficient (Wildman–Crippen LogP) is 2.72. The molecule has 0 unspecified atom stereocenters. The molecule has 0 aliphatic carbocycles. The van der Waals surface area contributed by atoms with E-state index in [2.05, 4.69) is 53.5 Å². The molecule has 0 radical (unpaired) electrons. The van der Waals surface area contributed by atoms with Gasteiger partial charge in [0, 0.05) is 25.3 Å². The van der Waals surface area contributed by atoms with Crippen LogP contribution >= 0.6 is 0 Å². The first kappa shape index (κ1) is 15.3. The van der Waals surface area contributed by atoms with E-state index in [0.717, 1.165) is 13.1 Å². The molecular weight excluding hydrogens is 246 g/mol. The summed E-state index contributed by atoms with van der Waals surface area (Å²) in [6.45, 7) is 5.74. The second-order valence-corrected chi connectivity index (χ2v) is 6.01. The minimum Gasteiger partial charge on any atom is -0.371 e. The van der Waals surface area contributed by atoms with Gasteiger partial charge in [0.05, 0.1) is 0 Å². The highest BCUT2D eigenvalue weighted by Gasteiger charge is 2.14. The number of anilines is 1. The Labute approximate surface area is 124 Å². The number of nitrogens with zero attached hydrogens (tertiary/aromatic N) is 2. The zero-order valence-corrected chi connectivity index (χ0v) is 13.1. The predicted molar refractivity (Wildman–Crippen MR) is 87.4 cm³/mol. The van der Waals surface area contributed by atoms with E-state index in [4.69, 9.17) is 0 Å². The summed E-state index contributed by atoms with van der Waals surface area (Å²) in [6, 6.07) is 8.85. The molecule has 112 valence electrons. The maximum absolute atomic E-state index is 3.59. The van der Waals surface area contributed by atoms with Crippen molar-refractivity contribution in [3.63, 3.8) is 0 Å². The zero-order chi connectivity index (χ0) is 14.2. The smallest absolute Gasteiger partial charge is 0.0411 e. The number of hydrogen-bond donors (Lipinski definition) is 1. The summed E-state index contributed by atoms with van der Waals surface area (Å²) in [5, 5.41) is 3.59. The first-order chi connectivity index (χ1) is 9.77. The van der Waals surface area contributed by atoms with Crippen molar-refractivity contribution in [3.8, 4) is 0 Å². The molecule has 1 N–H and O–H groups in total. The molecule has 1 heterocycles. The van der Waals surface area contributed by atoms with E-state index in [0.29, 0.717) is 0 Å². The van der Waals surface area contributed by atoms with Gasteiger partial charge < -0.3 is 15.1 Å². The molecule has 1 aromatic rings. The third-order valence-corrected chi connectivity index (χ3v) is 3.96. The Balaban J connectivity index is 1.75. The molecule has 0 atom stereocenters. The van der Waals surface area contributed by atoms with Crippen LogP contribution < -0.4 is 10.2 Å². The van der Waals surface area contributed by atoms with Crippen LogP contribution in [0.2, 0.25) is 0 Å². The monoisotopic (exact) mass is 275 g/mol. The number of para-hydroxylation sites is 1. The Bertz CT molecular complexity index is 384. The van der Waals surface area contributed by atoms with Crippen LogP contribution in [0.25, 0.3) is 0 Å². The van der Waals surface area contributed by atoms with Crippen LogP contribution in [0.15, 0.2) is 24.3 Å². The van der Waals surface area contributed by atoms with E-state index in [1.54, 1.807) is 0 Å². The van der Waals surface area contributed by atoms with Gasteiger partial charge in [0.1, 0.15) is 0 Å². The van der Waals surface area contributed by atoms with Gasteiger partial charge in [-0.25, -0.2) is 0 Å². The summed E-state index contributed by atoms with van der Waals surface area (Å²) in [7, 11) is 4.28. The molecule has 3 nitrogen and oxygen atoms in total. The fourth-order valence-corrected chi connectivity index (χ4v) is 2.83. The van der Waals surface area contributed by atoms with E-state index in [1.807, 2.05) is 0 Å². The number of nitrogens with one attached hydrogen (secondary N) is 1.